The average Bonchev–Trinajstić information content (AvgIpc) is 3.38. The number of H-pyrrole nitrogens is 1. The molecule has 0 unspecified atom stereocenters. The smallest absolute Gasteiger partial charge is 0.209 e. The fourth-order valence-corrected chi connectivity index (χ4v) is 4.32. The van der Waals surface area contributed by atoms with Crippen molar-refractivity contribution in [2.24, 2.45) is 0 Å². The Morgan fingerprint density at radius 3 is 2.48 bits per heavy atom. The highest BCUT2D eigenvalue weighted by atomic mass is 32.2. The van der Waals surface area contributed by atoms with E-state index in [1.807, 2.05) is 50.2 Å². The third kappa shape index (κ3) is 4.80. The van der Waals surface area contributed by atoms with Crippen molar-refractivity contribution in [3.05, 3.63) is 88.7 Å². The quantitative estimate of drug-likeness (QED) is 0.297. The van der Waals surface area contributed by atoms with E-state index < -0.39 is 0 Å². The van der Waals surface area contributed by atoms with Crippen molar-refractivity contribution in [1.82, 2.24) is 19.7 Å². The Bertz CT molecular complexity index is 1180. The van der Waals surface area contributed by atoms with E-state index in [9.17, 15) is 4.79 Å². The van der Waals surface area contributed by atoms with Gasteiger partial charge in [-0.25, -0.2) is 4.98 Å². The van der Waals surface area contributed by atoms with E-state index in [4.69, 9.17) is 0 Å². The Hall–Kier alpha value is -3.12. The summed E-state index contributed by atoms with van der Waals surface area (Å²) in [6.45, 7) is 6.96. The number of nitrogens with one attached hydrogen (secondary N) is 1. The summed E-state index contributed by atoms with van der Waals surface area (Å²) >= 11 is 1.36. The van der Waals surface area contributed by atoms with Crippen LogP contribution >= 0.6 is 11.8 Å². The van der Waals surface area contributed by atoms with Crippen LogP contribution in [0.4, 0.5) is 0 Å². The molecule has 0 bridgehead atoms. The van der Waals surface area contributed by atoms with Crippen LogP contribution < -0.4 is 0 Å². The summed E-state index contributed by atoms with van der Waals surface area (Å²) in [5, 5.41) is 7.83. The fourth-order valence-electron chi connectivity index (χ4n) is 3.64. The minimum absolute atomic E-state index is 0.0936. The molecule has 0 aliphatic carbocycles. The van der Waals surface area contributed by atoms with Gasteiger partial charge in [-0.2, -0.15) is 0 Å². The zero-order valence-electron chi connectivity index (χ0n) is 18.1. The van der Waals surface area contributed by atoms with Gasteiger partial charge in [0.05, 0.1) is 5.75 Å². The Kier molecular flexibility index (Phi) is 6.37. The first-order chi connectivity index (χ1) is 15.0. The number of nitrogens with zero attached hydrogens (tertiary/aromatic N) is 3. The van der Waals surface area contributed by atoms with Gasteiger partial charge in [0.1, 0.15) is 0 Å². The van der Waals surface area contributed by atoms with Gasteiger partial charge in [-0.15, -0.1) is 5.10 Å². The first-order valence-corrected chi connectivity index (χ1v) is 11.4. The third-order valence-electron chi connectivity index (χ3n) is 5.49. The van der Waals surface area contributed by atoms with Gasteiger partial charge in [0.25, 0.3) is 0 Å². The second-order valence-corrected chi connectivity index (χ2v) is 8.53. The molecule has 0 amide bonds. The molecule has 0 aliphatic heterocycles. The number of ketones is 1. The predicted molar refractivity (Wildman–Crippen MR) is 126 cm³/mol. The van der Waals surface area contributed by atoms with E-state index in [1.165, 1.54) is 22.9 Å². The highest BCUT2D eigenvalue weighted by Gasteiger charge is 2.17. The van der Waals surface area contributed by atoms with Crippen LogP contribution in [0.25, 0.3) is 11.4 Å². The molecular formula is C25H26N4OS. The molecule has 2 aromatic carbocycles. The zero-order chi connectivity index (χ0) is 21.8. The van der Waals surface area contributed by atoms with Gasteiger partial charge in [0, 0.05) is 29.1 Å². The van der Waals surface area contributed by atoms with Crippen LogP contribution in [-0.4, -0.2) is 31.3 Å². The molecule has 158 valence electrons. The number of carbonyl (C=O) groups is 1. The normalized spacial score (nSPS) is 11.1. The molecule has 31 heavy (non-hydrogen) atoms. The lowest BCUT2D eigenvalue weighted by Gasteiger charge is -2.09. The number of benzene rings is 2. The van der Waals surface area contributed by atoms with Crippen molar-refractivity contribution in [2.75, 3.05) is 5.75 Å². The number of aryl methyl sites for hydroxylation is 2. The maximum Gasteiger partial charge on any atom is 0.209 e. The molecule has 1 N–H and O–H groups in total. The number of carbonyl (C=O) groups excluding carboxylic acids is 1. The van der Waals surface area contributed by atoms with Gasteiger partial charge in [-0.1, -0.05) is 73.3 Å². The maximum atomic E-state index is 12.9. The average molecular weight is 431 g/mol. The number of Topliss-reactive ketones (excluding diaryl/α,β-unsaturated/α-hetero) is 1. The van der Waals surface area contributed by atoms with Gasteiger partial charge in [-0.3, -0.25) is 9.89 Å². The van der Waals surface area contributed by atoms with Gasteiger partial charge >= 0.3 is 0 Å². The first kappa shape index (κ1) is 21.1. The Morgan fingerprint density at radius 1 is 1.03 bits per heavy atom. The van der Waals surface area contributed by atoms with E-state index in [-0.39, 0.29) is 5.78 Å². The van der Waals surface area contributed by atoms with Gasteiger partial charge in [0.15, 0.2) is 11.6 Å². The minimum atomic E-state index is 0.0936. The lowest BCUT2D eigenvalue weighted by atomic mass is 10.1. The van der Waals surface area contributed by atoms with Crippen LogP contribution in [0.3, 0.4) is 0 Å². The molecule has 4 aromatic rings. The maximum absolute atomic E-state index is 12.9. The highest BCUT2D eigenvalue weighted by Crippen LogP contribution is 2.23. The van der Waals surface area contributed by atoms with Crippen molar-refractivity contribution in [2.45, 2.75) is 38.9 Å². The number of hydrogen-bond acceptors (Lipinski definition) is 4. The van der Waals surface area contributed by atoms with E-state index in [1.54, 1.807) is 0 Å². The Morgan fingerprint density at radius 2 is 1.77 bits per heavy atom. The zero-order valence-corrected chi connectivity index (χ0v) is 18.9. The molecule has 5 nitrogen and oxygen atoms in total. The number of aromatic nitrogens is 4. The molecule has 2 aromatic heterocycles. The van der Waals surface area contributed by atoms with Crippen molar-refractivity contribution in [3.63, 3.8) is 0 Å². The SMILES string of the molecule is CCc1ccc(-c2nc(SCC(=O)c3cc(C)n(Cc4ccccc4)c3C)n[nH]2)cc1. The molecule has 0 atom stereocenters. The van der Waals surface area contributed by atoms with E-state index in [0.717, 1.165) is 41.3 Å². The number of hydrogen-bond donors (Lipinski definition) is 1. The summed E-state index contributed by atoms with van der Waals surface area (Å²) in [5.74, 6) is 1.12. The molecule has 2 heterocycles. The molecule has 0 radical (unpaired) electrons. The largest absolute Gasteiger partial charge is 0.344 e. The number of rotatable bonds is 8. The third-order valence-corrected chi connectivity index (χ3v) is 6.34. The summed E-state index contributed by atoms with van der Waals surface area (Å²) in [5.41, 5.74) is 6.36. The lowest BCUT2D eigenvalue weighted by Crippen LogP contribution is -2.07. The standard InChI is InChI=1S/C25H26N4OS/c1-4-19-10-12-21(13-11-19)24-26-25(28-27-24)31-16-23(30)22-14-17(2)29(18(22)3)15-20-8-6-5-7-9-20/h5-14H,4,15-16H2,1-3H3,(H,26,27,28). The van der Waals surface area contributed by atoms with Crippen LogP contribution in [0.15, 0.2) is 65.8 Å². The van der Waals surface area contributed by atoms with Gasteiger partial charge in [0.2, 0.25) is 5.16 Å². The molecule has 0 saturated heterocycles. The van der Waals surface area contributed by atoms with Gasteiger partial charge < -0.3 is 4.57 Å². The monoisotopic (exact) mass is 430 g/mol. The lowest BCUT2D eigenvalue weighted by molar-refractivity contribution is 0.102. The predicted octanol–water partition coefficient (Wildman–Crippen LogP) is 5.48. The van der Waals surface area contributed by atoms with E-state index >= 15 is 0 Å². The molecule has 0 saturated carbocycles. The van der Waals surface area contributed by atoms with Crippen LogP contribution in [0.5, 0.6) is 0 Å². The molecular weight excluding hydrogens is 404 g/mol. The second kappa shape index (κ2) is 9.35. The molecule has 0 spiro atoms. The van der Waals surface area contributed by atoms with Crippen LogP contribution in [-0.2, 0) is 13.0 Å². The summed E-state index contributed by atoms with van der Waals surface area (Å²) in [4.78, 5) is 17.4. The second-order valence-electron chi connectivity index (χ2n) is 7.59. The van der Waals surface area contributed by atoms with Crippen LogP contribution in [0.2, 0.25) is 0 Å². The minimum Gasteiger partial charge on any atom is -0.344 e. The topological polar surface area (TPSA) is 63.6 Å². The van der Waals surface area contributed by atoms with Crippen LogP contribution in [0, 0.1) is 13.8 Å². The first-order valence-electron chi connectivity index (χ1n) is 10.4. The summed E-state index contributed by atoms with van der Waals surface area (Å²) < 4.78 is 2.19. The number of thioether (sulfide) groups is 1. The summed E-state index contributed by atoms with van der Waals surface area (Å²) in [6, 6.07) is 20.6. The fraction of sp³-hybridized carbons (Fsp3) is 0.240. The Balaban J connectivity index is 1.42. The molecule has 0 aliphatic rings. The summed E-state index contributed by atoms with van der Waals surface area (Å²) in [6.07, 6.45) is 1.01. The van der Waals surface area contributed by atoms with Crippen molar-refractivity contribution in [3.8, 4) is 11.4 Å². The van der Waals surface area contributed by atoms with E-state index in [2.05, 4.69) is 50.9 Å². The van der Waals surface area contributed by atoms with Crippen LogP contribution in [0.1, 0.15) is 39.8 Å². The van der Waals surface area contributed by atoms with Crippen molar-refractivity contribution >= 4 is 17.5 Å². The Labute approximate surface area is 186 Å². The molecule has 4 rings (SSSR count). The summed E-state index contributed by atoms with van der Waals surface area (Å²) in [7, 11) is 0. The van der Waals surface area contributed by atoms with Crippen molar-refractivity contribution < 1.29 is 4.79 Å². The molecule has 0 fully saturated rings. The van der Waals surface area contributed by atoms with E-state index in [0.29, 0.717) is 10.9 Å². The molecule has 6 heteroatoms. The number of aromatic amines is 1. The van der Waals surface area contributed by atoms with Gasteiger partial charge in [-0.05, 0) is 37.5 Å². The van der Waals surface area contributed by atoms with Crippen molar-refractivity contribution in [1.29, 1.82) is 0 Å². The highest BCUT2D eigenvalue weighted by molar-refractivity contribution is 7.99.